The van der Waals surface area contributed by atoms with Crippen LogP contribution in [-0.4, -0.2) is 12.9 Å². The van der Waals surface area contributed by atoms with Gasteiger partial charge in [0.05, 0.1) is 12.2 Å². The van der Waals surface area contributed by atoms with Crippen molar-refractivity contribution < 1.29 is 18.3 Å². The van der Waals surface area contributed by atoms with Crippen LogP contribution in [0.2, 0.25) is 0 Å². The minimum absolute atomic E-state index is 0.0527. The van der Waals surface area contributed by atoms with Crippen LogP contribution in [0.3, 0.4) is 0 Å². The Labute approximate surface area is 73.1 Å². The first-order valence-electron chi connectivity index (χ1n) is 3.83. The number of hydrogen-bond acceptors (Lipinski definition) is 2. The van der Waals surface area contributed by atoms with Crippen molar-refractivity contribution in [3.8, 4) is 5.75 Å². The maximum Gasteiger partial charge on any atom is 0.201 e. The van der Waals surface area contributed by atoms with E-state index in [0.29, 0.717) is 24.9 Å². The van der Waals surface area contributed by atoms with Crippen LogP contribution in [0.4, 0.5) is 8.78 Å². The van der Waals surface area contributed by atoms with Gasteiger partial charge in [0.1, 0.15) is 0 Å². The van der Waals surface area contributed by atoms with Crippen LogP contribution < -0.4 is 4.74 Å². The van der Waals surface area contributed by atoms with E-state index in [-0.39, 0.29) is 11.3 Å². The Bertz CT molecular complexity index is 374. The minimum atomic E-state index is -1.13. The fourth-order valence-electron chi connectivity index (χ4n) is 1.37. The van der Waals surface area contributed by atoms with E-state index in [2.05, 4.69) is 0 Å². The summed E-state index contributed by atoms with van der Waals surface area (Å²) in [6.45, 7) is 0.341. The molecule has 0 saturated heterocycles. The molecule has 1 aliphatic rings. The molecule has 68 valence electrons. The molecule has 0 fully saturated rings. The highest BCUT2D eigenvalue weighted by Crippen LogP contribution is 2.31. The van der Waals surface area contributed by atoms with E-state index >= 15 is 0 Å². The second kappa shape index (κ2) is 2.80. The first-order valence-corrected chi connectivity index (χ1v) is 3.83. The summed E-state index contributed by atoms with van der Waals surface area (Å²) in [4.78, 5) is 10.3. The van der Waals surface area contributed by atoms with Crippen LogP contribution in [0.25, 0.3) is 0 Å². The average Bonchev–Trinajstić information content (AvgIpc) is 2.59. The van der Waals surface area contributed by atoms with Crippen LogP contribution in [-0.2, 0) is 6.42 Å². The summed E-state index contributed by atoms with van der Waals surface area (Å²) in [6, 6.07) is 1.33. The van der Waals surface area contributed by atoms with Crippen LogP contribution in [0.15, 0.2) is 6.07 Å². The minimum Gasteiger partial charge on any atom is -0.490 e. The first-order chi connectivity index (χ1) is 6.24. The molecule has 1 aromatic carbocycles. The molecule has 2 nitrogen and oxygen atoms in total. The fraction of sp³-hybridized carbons (Fsp3) is 0.222. The maximum absolute atomic E-state index is 13.1. The molecule has 0 radical (unpaired) electrons. The lowest BCUT2D eigenvalue weighted by Crippen LogP contribution is -1.96. The zero-order valence-electron chi connectivity index (χ0n) is 6.64. The number of benzene rings is 1. The molecule has 0 N–H and O–H groups in total. The Morgan fingerprint density at radius 1 is 1.38 bits per heavy atom. The van der Waals surface area contributed by atoms with Crippen molar-refractivity contribution in [2.24, 2.45) is 0 Å². The molecule has 0 amide bonds. The van der Waals surface area contributed by atoms with E-state index < -0.39 is 11.6 Å². The average molecular weight is 184 g/mol. The number of aldehydes is 1. The summed E-state index contributed by atoms with van der Waals surface area (Å²) in [5.41, 5.74) is 0.308. The second-order valence-corrected chi connectivity index (χ2v) is 2.80. The third-order valence-electron chi connectivity index (χ3n) is 2.01. The third-order valence-corrected chi connectivity index (χ3v) is 2.01. The summed E-state index contributed by atoms with van der Waals surface area (Å²) >= 11 is 0. The Balaban J connectivity index is 2.68. The fourth-order valence-corrected chi connectivity index (χ4v) is 1.37. The molecule has 0 atom stereocenters. The summed E-state index contributed by atoms with van der Waals surface area (Å²) < 4.78 is 30.9. The van der Waals surface area contributed by atoms with Gasteiger partial charge in [-0.05, 0) is 6.07 Å². The van der Waals surface area contributed by atoms with E-state index in [9.17, 15) is 13.6 Å². The topological polar surface area (TPSA) is 26.3 Å². The number of ether oxygens (including phenoxy) is 1. The highest BCUT2D eigenvalue weighted by molar-refractivity contribution is 5.76. The van der Waals surface area contributed by atoms with Gasteiger partial charge in [0.25, 0.3) is 0 Å². The van der Waals surface area contributed by atoms with E-state index in [0.717, 1.165) is 0 Å². The molecular weight excluding hydrogens is 178 g/mol. The predicted molar refractivity (Wildman–Crippen MR) is 40.9 cm³/mol. The molecule has 0 unspecified atom stereocenters. The SMILES string of the molecule is O=Cc1cc2c(c(F)c1F)OCC2. The van der Waals surface area contributed by atoms with Gasteiger partial charge in [-0.1, -0.05) is 0 Å². The van der Waals surface area contributed by atoms with Crippen LogP contribution in [0.5, 0.6) is 5.75 Å². The van der Waals surface area contributed by atoms with Crippen LogP contribution in [0.1, 0.15) is 15.9 Å². The number of carbonyl (C=O) groups excluding carboxylic acids is 1. The maximum atomic E-state index is 13.1. The number of hydrogen-bond donors (Lipinski definition) is 0. The van der Waals surface area contributed by atoms with Gasteiger partial charge in [0.15, 0.2) is 17.9 Å². The first kappa shape index (κ1) is 8.16. The van der Waals surface area contributed by atoms with E-state index in [1.165, 1.54) is 6.07 Å². The molecule has 1 aliphatic heterocycles. The monoisotopic (exact) mass is 184 g/mol. The molecule has 0 aliphatic carbocycles. The number of rotatable bonds is 1. The van der Waals surface area contributed by atoms with Gasteiger partial charge >= 0.3 is 0 Å². The lowest BCUT2D eigenvalue weighted by Gasteiger charge is -2.02. The quantitative estimate of drug-likeness (QED) is 0.621. The molecule has 0 bridgehead atoms. The van der Waals surface area contributed by atoms with Crippen molar-refractivity contribution in [3.63, 3.8) is 0 Å². The smallest absolute Gasteiger partial charge is 0.201 e. The third kappa shape index (κ3) is 1.09. The van der Waals surface area contributed by atoms with Crippen molar-refractivity contribution in [2.45, 2.75) is 6.42 Å². The normalized spacial score (nSPS) is 13.7. The Morgan fingerprint density at radius 2 is 2.15 bits per heavy atom. The van der Waals surface area contributed by atoms with E-state index in [1.807, 2.05) is 0 Å². The lowest BCUT2D eigenvalue weighted by molar-refractivity contribution is 0.111. The van der Waals surface area contributed by atoms with Crippen molar-refractivity contribution >= 4 is 6.29 Å². The van der Waals surface area contributed by atoms with Gasteiger partial charge in [-0.15, -0.1) is 0 Å². The molecule has 0 saturated carbocycles. The Hall–Kier alpha value is -1.45. The van der Waals surface area contributed by atoms with Gasteiger partial charge in [0, 0.05) is 12.0 Å². The highest BCUT2D eigenvalue weighted by atomic mass is 19.2. The predicted octanol–water partition coefficient (Wildman–Crippen LogP) is 1.71. The van der Waals surface area contributed by atoms with E-state index in [1.54, 1.807) is 0 Å². The zero-order valence-corrected chi connectivity index (χ0v) is 6.64. The van der Waals surface area contributed by atoms with E-state index in [4.69, 9.17) is 4.74 Å². The molecule has 0 spiro atoms. The van der Waals surface area contributed by atoms with Gasteiger partial charge in [0.2, 0.25) is 5.82 Å². The van der Waals surface area contributed by atoms with Crippen LogP contribution in [0, 0.1) is 11.6 Å². The van der Waals surface area contributed by atoms with Gasteiger partial charge in [-0.2, -0.15) is 4.39 Å². The second-order valence-electron chi connectivity index (χ2n) is 2.80. The highest BCUT2D eigenvalue weighted by Gasteiger charge is 2.22. The van der Waals surface area contributed by atoms with Crippen molar-refractivity contribution in [1.82, 2.24) is 0 Å². The van der Waals surface area contributed by atoms with Crippen molar-refractivity contribution in [3.05, 3.63) is 28.8 Å². The van der Waals surface area contributed by atoms with Crippen molar-refractivity contribution in [1.29, 1.82) is 0 Å². The molecule has 0 aromatic heterocycles. The molecular formula is C9H6F2O2. The van der Waals surface area contributed by atoms with Gasteiger partial charge in [-0.3, -0.25) is 4.79 Å². The molecule has 13 heavy (non-hydrogen) atoms. The number of fused-ring (bicyclic) bond motifs is 1. The van der Waals surface area contributed by atoms with Crippen molar-refractivity contribution in [2.75, 3.05) is 6.61 Å². The van der Waals surface area contributed by atoms with Gasteiger partial charge < -0.3 is 4.74 Å². The summed E-state index contributed by atoms with van der Waals surface area (Å²) in [6.07, 6.45) is 0.824. The molecule has 4 heteroatoms. The van der Waals surface area contributed by atoms with Crippen LogP contribution >= 0.6 is 0 Å². The summed E-state index contributed by atoms with van der Waals surface area (Å²) in [5.74, 6) is -2.24. The number of halogens is 2. The largest absolute Gasteiger partial charge is 0.490 e. The van der Waals surface area contributed by atoms with Gasteiger partial charge in [-0.25, -0.2) is 4.39 Å². The molecule has 1 heterocycles. The lowest BCUT2D eigenvalue weighted by atomic mass is 10.1. The summed E-state index contributed by atoms with van der Waals surface area (Å²) in [5, 5.41) is 0. The Kier molecular flexibility index (Phi) is 1.76. The summed E-state index contributed by atoms with van der Waals surface area (Å²) in [7, 11) is 0. The zero-order chi connectivity index (χ0) is 9.42. The Morgan fingerprint density at radius 3 is 2.85 bits per heavy atom. The number of carbonyl (C=O) groups is 1. The standard InChI is InChI=1S/C9H6F2O2/c10-7-6(4-12)3-5-1-2-13-9(5)8(7)11/h3-4H,1-2H2. The molecule has 1 aromatic rings. The molecule has 2 rings (SSSR count).